The molecule has 0 saturated carbocycles. The fraction of sp³-hybridized carbons (Fsp3) is 0.462. The van der Waals surface area contributed by atoms with Crippen molar-refractivity contribution in [2.75, 3.05) is 13.1 Å². The molecule has 4 heteroatoms. The quantitative estimate of drug-likeness (QED) is 0.796. The first kappa shape index (κ1) is 12.1. The summed E-state index contributed by atoms with van der Waals surface area (Å²) < 4.78 is 0. The number of carbonyl (C=O) groups is 1. The number of aliphatic hydroxyl groups excluding tert-OH is 2. The lowest BCUT2D eigenvalue weighted by atomic mass is 10.1. The first-order valence-electron chi connectivity index (χ1n) is 5.88. The van der Waals surface area contributed by atoms with Crippen LogP contribution in [0.15, 0.2) is 24.3 Å². The summed E-state index contributed by atoms with van der Waals surface area (Å²) >= 11 is 0. The van der Waals surface area contributed by atoms with Gasteiger partial charge in [-0.1, -0.05) is 12.1 Å². The van der Waals surface area contributed by atoms with Crippen LogP contribution in [0.4, 0.5) is 0 Å². The van der Waals surface area contributed by atoms with E-state index in [0.29, 0.717) is 18.7 Å². The zero-order chi connectivity index (χ0) is 12.3. The zero-order valence-electron chi connectivity index (χ0n) is 9.67. The van der Waals surface area contributed by atoms with Crippen LogP contribution in [0, 0.1) is 0 Å². The first-order valence-corrected chi connectivity index (χ1v) is 5.88. The Kier molecular flexibility index (Phi) is 3.76. The predicted octanol–water partition coefficient (Wildman–Crippen LogP) is 0.776. The Bertz CT molecular complexity index is 388. The van der Waals surface area contributed by atoms with E-state index < -0.39 is 6.10 Å². The summed E-state index contributed by atoms with van der Waals surface area (Å²) in [5.74, 6) is -0.0479. The van der Waals surface area contributed by atoms with Crippen molar-refractivity contribution in [3.8, 4) is 0 Å². The third-order valence-corrected chi connectivity index (χ3v) is 3.07. The van der Waals surface area contributed by atoms with E-state index in [0.717, 1.165) is 18.4 Å². The summed E-state index contributed by atoms with van der Waals surface area (Å²) in [6.45, 7) is 1.11. The lowest BCUT2D eigenvalue weighted by molar-refractivity contribution is 0.0473. The fourth-order valence-corrected chi connectivity index (χ4v) is 2.07. The lowest BCUT2D eigenvalue weighted by Crippen LogP contribution is -2.42. The molecule has 1 heterocycles. The molecular weight excluding hydrogens is 218 g/mol. The van der Waals surface area contributed by atoms with Crippen LogP contribution in [0.1, 0.15) is 28.8 Å². The molecule has 17 heavy (non-hydrogen) atoms. The number of carbonyl (C=O) groups excluding carboxylic acids is 1. The number of hydrogen-bond donors (Lipinski definition) is 2. The van der Waals surface area contributed by atoms with E-state index in [1.165, 1.54) is 0 Å². The van der Waals surface area contributed by atoms with Gasteiger partial charge in [0.1, 0.15) is 0 Å². The number of piperidine rings is 1. The van der Waals surface area contributed by atoms with Gasteiger partial charge in [0.2, 0.25) is 0 Å². The van der Waals surface area contributed by atoms with Crippen LogP contribution in [0.5, 0.6) is 0 Å². The van der Waals surface area contributed by atoms with Crippen LogP contribution in [-0.4, -0.2) is 40.2 Å². The van der Waals surface area contributed by atoms with Gasteiger partial charge in [-0.25, -0.2) is 0 Å². The number of β-amino-alcohol motifs (C(OH)–C–C–N with tert-alkyl or cyclic N) is 1. The van der Waals surface area contributed by atoms with Gasteiger partial charge in [-0.2, -0.15) is 0 Å². The molecule has 1 aliphatic rings. The van der Waals surface area contributed by atoms with Crippen molar-refractivity contribution in [2.24, 2.45) is 0 Å². The SMILES string of the molecule is O=C(c1ccc(CO)cc1)N1CCC[C@H](O)C1. The number of rotatable bonds is 2. The van der Waals surface area contributed by atoms with Crippen LogP contribution in [0.25, 0.3) is 0 Å². The molecule has 2 rings (SSSR count). The monoisotopic (exact) mass is 235 g/mol. The summed E-state index contributed by atoms with van der Waals surface area (Å²) in [6.07, 6.45) is 1.22. The Hall–Kier alpha value is -1.39. The number of nitrogens with zero attached hydrogens (tertiary/aromatic N) is 1. The van der Waals surface area contributed by atoms with E-state index in [-0.39, 0.29) is 12.5 Å². The van der Waals surface area contributed by atoms with E-state index in [4.69, 9.17) is 5.11 Å². The van der Waals surface area contributed by atoms with Crippen LogP contribution in [0.3, 0.4) is 0 Å². The minimum atomic E-state index is -0.399. The van der Waals surface area contributed by atoms with Crippen molar-refractivity contribution in [3.63, 3.8) is 0 Å². The summed E-state index contributed by atoms with van der Waals surface area (Å²) in [7, 11) is 0. The number of hydrogen-bond acceptors (Lipinski definition) is 3. The average Bonchev–Trinajstić information content (AvgIpc) is 2.38. The van der Waals surface area contributed by atoms with Gasteiger partial charge < -0.3 is 15.1 Å². The van der Waals surface area contributed by atoms with E-state index in [1.807, 2.05) is 0 Å². The largest absolute Gasteiger partial charge is 0.392 e. The van der Waals surface area contributed by atoms with Crippen molar-refractivity contribution in [2.45, 2.75) is 25.6 Å². The molecule has 0 radical (unpaired) electrons. The van der Waals surface area contributed by atoms with Crippen molar-refractivity contribution >= 4 is 5.91 Å². The maximum Gasteiger partial charge on any atom is 0.253 e. The number of amides is 1. The van der Waals surface area contributed by atoms with Crippen molar-refractivity contribution < 1.29 is 15.0 Å². The second-order valence-electron chi connectivity index (χ2n) is 4.40. The molecular formula is C13H17NO3. The average molecular weight is 235 g/mol. The summed E-state index contributed by atoms with van der Waals surface area (Å²) in [5.41, 5.74) is 1.40. The minimum absolute atomic E-state index is 0.0170. The second-order valence-corrected chi connectivity index (χ2v) is 4.40. The highest BCUT2D eigenvalue weighted by Gasteiger charge is 2.22. The molecule has 0 bridgehead atoms. The van der Waals surface area contributed by atoms with Crippen LogP contribution >= 0.6 is 0 Å². The summed E-state index contributed by atoms with van der Waals surface area (Å²) in [6, 6.07) is 6.92. The topological polar surface area (TPSA) is 60.8 Å². The molecule has 1 atom stereocenters. The van der Waals surface area contributed by atoms with Gasteiger partial charge in [0, 0.05) is 18.7 Å². The van der Waals surface area contributed by atoms with Crippen molar-refractivity contribution in [3.05, 3.63) is 35.4 Å². The van der Waals surface area contributed by atoms with E-state index in [1.54, 1.807) is 29.2 Å². The minimum Gasteiger partial charge on any atom is -0.392 e. The predicted molar refractivity (Wildman–Crippen MR) is 63.5 cm³/mol. The van der Waals surface area contributed by atoms with Gasteiger partial charge in [-0.15, -0.1) is 0 Å². The molecule has 1 aliphatic heterocycles. The summed E-state index contributed by atoms with van der Waals surface area (Å²) in [4.78, 5) is 13.8. The van der Waals surface area contributed by atoms with Crippen LogP contribution in [-0.2, 0) is 6.61 Å². The van der Waals surface area contributed by atoms with E-state index in [2.05, 4.69) is 0 Å². The van der Waals surface area contributed by atoms with Crippen molar-refractivity contribution in [1.82, 2.24) is 4.90 Å². The third-order valence-electron chi connectivity index (χ3n) is 3.07. The number of aliphatic hydroxyl groups is 2. The Morgan fingerprint density at radius 2 is 2.06 bits per heavy atom. The maximum atomic E-state index is 12.1. The molecule has 1 saturated heterocycles. The highest BCUT2D eigenvalue weighted by Crippen LogP contribution is 2.14. The molecule has 1 amide bonds. The first-order chi connectivity index (χ1) is 8.20. The van der Waals surface area contributed by atoms with Crippen LogP contribution in [0.2, 0.25) is 0 Å². The molecule has 0 unspecified atom stereocenters. The Morgan fingerprint density at radius 1 is 1.35 bits per heavy atom. The number of benzene rings is 1. The molecule has 1 aromatic carbocycles. The molecule has 1 aromatic rings. The maximum absolute atomic E-state index is 12.1. The van der Waals surface area contributed by atoms with Gasteiger partial charge in [0.15, 0.2) is 0 Å². The zero-order valence-corrected chi connectivity index (χ0v) is 9.67. The fourth-order valence-electron chi connectivity index (χ4n) is 2.07. The molecule has 4 nitrogen and oxygen atoms in total. The highest BCUT2D eigenvalue weighted by atomic mass is 16.3. The molecule has 2 N–H and O–H groups in total. The van der Waals surface area contributed by atoms with Crippen LogP contribution < -0.4 is 0 Å². The second kappa shape index (κ2) is 5.29. The lowest BCUT2D eigenvalue weighted by Gasteiger charge is -2.30. The molecule has 0 spiro atoms. The van der Waals surface area contributed by atoms with Gasteiger partial charge in [-0.05, 0) is 30.5 Å². The third kappa shape index (κ3) is 2.84. The van der Waals surface area contributed by atoms with E-state index in [9.17, 15) is 9.90 Å². The van der Waals surface area contributed by atoms with Gasteiger partial charge in [0.05, 0.1) is 12.7 Å². The van der Waals surface area contributed by atoms with Gasteiger partial charge >= 0.3 is 0 Å². The highest BCUT2D eigenvalue weighted by molar-refractivity contribution is 5.94. The molecule has 0 aromatic heterocycles. The number of likely N-dealkylation sites (tertiary alicyclic amines) is 1. The van der Waals surface area contributed by atoms with E-state index >= 15 is 0 Å². The molecule has 0 aliphatic carbocycles. The molecule has 1 fully saturated rings. The summed E-state index contributed by atoms with van der Waals surface area (Å²) in [5, 5.41) is 18.5. The standard InChI is InChI=1S/C13H17NO3/c15-9-10-3-5-11(6-4-10)13(17)14-7-1-2-12(16)8-14/h3-6,12,15-16H,1-2,7-9H2/t12-/m0/s1. The Labute approximate surface area is 100 Å². The van der Waals surface area contributed by atoms with Gasteiger partial charge in [0.25, 0.3) is 5.91 Å². The normalized spacial score (nSPS) is 20.4. The smallest absolute Gasteiger partial charge is 0.253 e. The van der Waals surface area contributed by atoms with Gasteiger partial charge in [-0.3, -0.25) is 4.79 Å². The Morgan fingerprint density at radius 3 is 2.65 bits per heavy atom. The van der Waals surface area contributed by atoms with Crippen molar-refractivity contribution in [1.29, 1.82) is 0 Å². The Balaban J connectivity index is 2.07. The molecule has 92 valence electrons.